The number of nitrogens with zero attached hydrogens (tertiary/aromatic N) is 2. The lowest BCUT2D eigenvalue weighted by Crippen LogP contribution is -2.22. The minimum atomic E-state index is -4.54. The fraction of sp³-hybridized carbons (Fsp3) is 0.222. The van der Waals surface area contributed by atoms with Crippen molar-refractivity contribution < 1.29 is 17.9 Å². The molecular formula is C9H6BrF3N2O. The van der Waals surface area contributed by atoms with Crippen molar-refractivity contribution in [3.05, 3.63) is 28.7 Å². The zero-order valence-corrected chi connectivity index (χ0v) is 9.42. The van der Waals surface area contributed by atoms with Crippen LogP contribution in [0.3, 0.4) is 0 Å². The van der Waals surface area contributed by atoms with Crippen molar-refractivity contribution in [2.45, 2.75) is 6.18 Å². The first kappa shape index (κ1) is 11.3. The van der Waals surface area contributed by atoms with Gasteiger partial charge in [0.1, 0.15) is 0 Å². The largest absolute Gasteiger partial charge is 0.470 e. The molecule has 1 aliphatic heterocycles. The van der Waals surface area contributed by atoms with E-state index in [1.807, 2.05) is 0 Å². The summed E-state index contributed by atoms with van der Waals surface area (Å²) < 4.78 is 41.9. The Balaban J connectivity index is 2.23. The maximum absolute atomic E-state index is 12.2. The molecule has 0 radical (unpaired) electrons. The molecule has 0 spiro atoms. The summed E-state index contributed by atoms with van der Waals surface area (Å²) in [7, 11) is 0. The first-order valence-electron chi connectivity index (χ1n) is 4.28. The molecule has 0 amide bonds. The molecule has 0 saturated carbocycles. The smallest absolute Gasteiger partial charge is 0.450 e. The van der Waals surface area contributed by atoms with Crippen LogP contribution < -0.4 is 5.01 Å². The molecule has 0 saturated heterocycles. The summed E-state index contributed by atoms with van der Waals surface area (Å²) in [5, 5.41) is 4.50. The Morgan fingerprint density at radius 1 is 1.38 bits per heavy atom. The molecule has 0 fully saturated rings. The van der Waals surface area contributed by atoms with Gasteiger partial charge in [-0.1, -0.05) is 22.0 Å². The van der Waals surface area contributed by atoms with Crippen LogP contribution in [0.25, 0.3) is 0 Å². The van der Waals surface area contributed by atoms with Gasteiger partial charge in [-0.2, -0.15) is 13.2 Å². The van der Waals surface area contributed by atoms with Crippen molar-refractivity contribution in [1.29, 1.82) is 0 Å². The molecule has 16 heavy (non-hydrogen) atoms. The minimum absolute atomic E-state index is 0.231. The maximum atomic E-state index is 12.2. The van der Waals surface area contributed by atoms with Gasteiger partial charge in [0.25, 0.3) is 0 Å². The Kier molecular flexibility index (Phi) is 2.79. The zero-order valence-electron chi connectivity index (χ0n) is 7.83. The number of halogens is 4. The summed E-state index contributed by atoms with van der Waals surface area (Å²) in [6.45, 7) is -0.231. The number of hydrazone groups is 1. The highest BCUT2D eigenvalue weighted by molar-refractivity contribution is 9.10. The van der Waals surface area contributed by atoms with E-state index >= 15 is 0 Å². The molecule has 0 atom stereocenters. The van der Waals surface area contributed by atoms with Crippen LogP contribution in [0, 0.1) is 0 Å². The van der Waals surface area contributed by atoms with E-state index in [1.54, 1.807) is 24.3 Å². The average molecular weight is 295 g/mol. The number of anilines is 1. The van der Waals surface area contributed by atoms with Gasteiger partial charge in [-0.25, -0.2) is 5.01 Å². The van der Waals surface area contributed by atoms with E-state index in [-0.39, 0.29) is 6.73 Å². The molecule has 2 rings (SSSR count). The second kappa shape index (κ2) is 3.97. The highest BCUT2D eigenvalue weighted by atomic mass is 79.9. The third-order valence-corrected chi connectivity index (χ3v) is 2.38. The minimum Gasteiger partial charge on any atom is -0.450 e. The summed E-state index contributed by atoms with van der Waals surface area (Å²) in [5.74, 6) is -1.22. The van der Waals surface area contributed by atoms with Crippen LogP contribution >= 0.6 is 15.9 Å². The monoisotopic (exact) mass is 294 g/mol. The SMILES string of the molecule is FC(F)(F)C1=NN(c2cccc(Br)c2)CO1. The molecule has 1 aromatic carbocycles. The van der Waals surface area contributed by atoms with Crippen LogP contribution in [0.15, 0.2) is 33.8 Å². The Morgan fingerprint density at radius 3 is 2.69 bits per heavy atom. The fourth-order valence-corrected chi connectivity index (χ4v) is 1.58. The standard InChI is InChI=1S/C9H6BrF3N2O/c10-6-2-1-3-7(4-6)15-5-16-8(14-15)9(11,12)13/h1-4H,5H2. The van der Waals surface area contributed by atoms with Gasteiger partial charge in [0.15, 0.2) is 6.73 Å². The Hall–Kier alpha value is -1.24. The lowest BCUT2D eigenvalue weighted by molar-refractivity contribution is -0.0752. The van der Waals surface area contributed by atoms with E-state index in [0.29, 0.717) is 5.69 Å². The third kappa shape index (κ3) is 2.29. The molecule has 0 N–H and O–H groups in total. The fourth-order valence-electron chi connectivity index (χ4n) is 1.20. The number of hydrogen-bond acceptors (Lipinski definition) is 3. The average Bonchev–Trinajstić information content (AvgIpc) is 2.65. The molecule has 86 valence electrons. The number of alkyl halides is 3. The Bertz CT molecular complexity index is 433. The summed E-state index contributed by atoms with van der Waals surface area (Å²) in [6, 6.07) is 6.79. The van der Waals surface area contributed by atoms with Gasteiger partial charge in [-0.05, 0) is 18.2 Å². The van der Waals surface area contributed by atoms with Crippen LogP contribution in [-0.4, -0.2) is 18.8 Å². The lowest BCUT2D eigenvalue weighted by atomic mass is 10.3. The summed E-state index contributed by atoms with van der Waals surface area (Å²) in [4.78, 5) is 0. The highest BCUT2D eigenvalue weighted by Crippen LogP contribution is 2.27. The number of rotatable bonds is 1. The van der Waals surface area contributed by atoms with Gasteiger partial charge in [0.05, 0.1) is 5.69 Å². The quantitative estimate of drug-likeness (QED) is 0.795. The predicted molar refractivity (Wildman–Crippen MR) is 56.1 cm³/mol. The number of ether oxygens (including phenoxy) is 1. The van der Waals surface area contributed by atoms with Crippen molar-refractivity contribution in [2.75, 3.05) is 11.7 Å². The molecule has 7 heteroatoms. The molecule has 0 unspecified atom stereocenters. The van der Waals surface area contributed by atoms with Crippen LogP contribution in [0.1, 0.15) is 0 Å². The summed E-state index contributed by atoms with van der Waals surface area (Å²) in [5.41, 5.74) is 0.536. The molecule has 0 aliphatic carbocycles. The van der Waals surface area contributed by atoms with E-state index in [4.69, 9.17) is 0 Å². The first-order valence-corrected chi connectivity index (χ1v) is 5.08. The Labute approximate surface area is 97.6 Å². The van der Waals surface area contributed by atoms with Crippen molar-refractivity contribution >= 4 is 27.5 Å². The normalized spacial score (nSPS) is 16.0. The Morgan fingerprint density at radius 2 is 2.12 bits per heavy atom. The maximum Gasteiger partial charge on any atom is 0.470 e. The lowest BCUT2D eigenvalue weighted by Gasteiger charge is -2.10. The van der Waals surface area contributed by atoms with E-state index in [0.717, 1.165) is 9.48 Å². The number of hydrogen-bond donors (Lipinski definition) is 0. The van der Waals surface area contributed by atoms with E-state index in [2.05, 4.69) is 25.8 Å². The molecule has 3 nitrogen and oxygen atoms in total. The van der Waals surface area contributed by atoms with Gasteiger partial charge in [-0.3, -0.25) is 0 Å². The van der Waals surface area contributed by atoms with Crippen LogP contribution in [-0.2, 0) is 4.74 Å². The van der Waals surface area contributed by atoms with Crippen LogP contribution in [0.4, 0.5) is 18.9 Å². The third-order valence-electron chi connectivity index (χ3n) is 1.88. The van der Waals surface area contributed by atoms with Crippen LogP contribution in [0.2, 0.25) is 0 Å². The van der Waals surface area contributed by atoms with Gasteiger partial charge < -0.3 is 4.74 Å². The van der Waals surface area contributed by atoms with Crippen molar-refractivity contribution in [2.24, 2.45) is 5.10 Å². The van der Waals surface area contributed by atoms with Crippen molar-refractivity contribution in [3.8, 4) is 0 Å². The van der Waals surface area contributed by atoms with Crippen LogP contribution in [0.5, 0.6) is 0 Å². The molecule has 1 aliphatic rings. The molecule has 1 aromatic rings. The first-order chi connectivity index (χ1) is 7.47. The van der Waals surface area contributed by atoms with Gasteiger partial charge in [0, 0.05) is 4.47 Å². The topological polar surface area (TPSA) is 24.8 Å². The highest BCUT2D eigenvalue weighted by Gasteiger charge is 2.42. The number of benzene rings is 1. The molecular weight excluding hydrogens is 289 g/mol. The van der Waals surface area contributed by atoms with E-state index in [1.165, 1.54) is 0 Å². The second-order valence-electron chi connectivity index (χ2n) is 3.06. The second-order valence-corrected chi connectivity index (χ2v) is 3.97. The summed E-state index contributed by atoms with van der Waals surface area (Å²) in [6.07, 6.45) is -4.54. The van der Waals surface area contributed by atoms with Crippen molar-refractivity contribution in [1.82, 2.24) is 0 Å². The zero-order chi connectivity index (χ0) is 11.8. The predicted octanol–water partition coefficient (Wildman–Crippen LogP) is 3.12. The van der Waals surface area contributed by atoms with Gasteiger partial charge >= 0.3 is 12.1 Å². The molecule has 0 aromatic heterocycles. The van der Waals surface area contributed by atoms with Crippen molar-refractivity contribution in [3.63, 3.8) is 0 Å². The summed E-state index contributed by atoms with van der Waals surface area (Å²) >= 11 is 3.23. The van der Waals surface area contributed by atoms with E-state index < -0.39 is 12.1 Å². The molecule has 1 heterocycles. The van der Waals surface area contributed by atoms with E-state index in [9.17, 15) is 13.2 Å². The van der Waals surface area contributed by atoms with Gasteiger partial charge in [-0.15, -0.1) is 5.10 Å². The van der Waals surface area contributed by atoms with Gasteiger partial charge in [0.2, 0.25) is 0 Å². The molecule has 0 bridgehead atoms.